The standard InChI is InChI=1S/C18H24N2O3/c1-14(17(23-3)15(2)13-21)9-7-8-12-19-18(22)20-16-10-5-4-6-11-16/h4-11,13,15,17H,12H2,1-3H3,(H2,19,20,22)/b8-7+,14-9+/t15-,17-/m1/s1. The maximum atomic E-state index is 11.7. The smallest absolute Gasteiger partial charge is 0.319 e. The van der Waals surface area contributed by atoms with Gasteiger partial charge in [0, 0.05) is 25.3 Å². The van der Waals surface area contributed by atoms with Gasteiger partial charge in [-0.05, 0) is 24.6 Å². The van der Waals surface area contributed by atoms with Crippen molar-refractivity contribution in [2.45, 2.75) is 20.0 Å². The number of hydrogen-bond acceptors (Lipinski definition) is 3. The third-order valence-electron chi connectivity index (χ3n) is 3.30. The van der Waals surface area contributed by atoms with Crippen molar-refractivity contribution in [2.24, 2.45) is 5.92 Å². The summed E-state index contributed by atoms with van der Waals surface area (Å²) in [6, 6.07) is 8.98. The van der Waals surface area contributed by atoms with E-state index in [0.717, 1.165) is 17.5 Å². The number of para-hydroxylation sites is 1. The first-order chi connectivity index (χ1) is 11.1. The maximum Gasteiger partial charge on any atom is 0.319 e. The van der Waals surface area contributed by atoms with E-state index >= 15 is 0 Å². The highest BCUT2D eigenvalue weighted by Gasteiger charge is 2.16. The Labute approximate surface area is 137 Å². The summed E-state index contributed by atoms with van der Waals surface area (Å²) in [7, 11) is 1.58. The molecule has 0 aliphatic carbocycles. The van der Waals surface area contributed by atoms with Crippen molar-refractivity contribution in [3.63, 3.8) is 0 Å². The molecule has 2 atom stereocenters. The predicted octanol–water partition coefficient (Wildman–Crippen LogP) is 3.16. The molecule has 1 rings (SSSR count). The van der Waals surface area contributed by atoms with E-state index in [0.29, 0.717) is 6.54 Å². The van der Waals surface area contributed by atoms with E-state index in [1.54, 1.807) is 7.11 Å². The second kappa shape index (κ2) is 10.3. The van der Waals surface area contributed by atoms with Crippen LogP contribution in [0.3, 0.4) is 0 Å². The number of nitrogens with one attached hydrogen (secondary N) is 2. The summed E-state index contributed by atoms with van der Waals surface area (Å²) in [6.07, 6.45) is 6.19. The van der Waals surface area contributed by atoms with Gasteiger partial charge in [0.05, 0.1) is 6.10 Å². The SMILES string of the molecule is CO[C@H](/C(C)=C/C=C/CNC(=O)Nc1ccccc1)[C@H](C)C=O. The van der Waals surface area contributed by atoms with Crippen LogP contribution < -0.4 is 10.6 Å². The summed E-state index contributed by atoms with van der Waals surface area (Å²) < 4.78 is 5.31. The zero-order valence-electron chi connectivity index (χ0n) is 13.8. The normalized spacial score (nSPS) is 14.3. The van der Waals surface area contributed by atoms with Gasteiger partial charge in [0.2, 0.25) is 0 Å². The molecule has 0 aliphatic rings. The molecule has 0 aromatic heterocycles. The van der Waals surface area contributed by atoms with Gasteiger partial charge < -0.3 is 20.2 Å². The predicted molar refractivity (Wildman–Crippen MR) is 92.4 cm³/mol. The lowest BCUT2D eigenvalue weighted by Crippen LogP contribution is -2.28. The average molecular weight is 316 g/mol. The first kappa shape index (κ1) is 18.6. The maximum absolute atomic E-state index is 11.7. The van der Waals surface area contributed by atoms with Crippen LogP contribution in [-0.2, 0) is 9.53 Å². The van der Waals surface area contributed by atoms with Gasteiger partial charge in [0.1, 0.15) is 6.29 Å². The Morgan fingerprint density at radius 3 is 2.61 bits per heavy atom. The fourth-order valence-corrected chi connectivity index (χ4v) is 2.12. The second-order valence-electron chi connectivity index (χ2n) is 5.19. The molecule has 0 spiro atoms. The molecule has 0 fully saturated rings. The molecular weight excluding hydrogens is 292 g/mol. The monoisotopic (exact) mass is 316 g/mol. The Hall–Kier alpha value is -2.40. The highest BCUT2D eigenvalue weighted by Crippen LogP contribution is 2.14. The number of amides is 2. The molecule has 1 aromatic carbocycles. The van der Waals surface area contributed by atoms with Crippen LogP contribution >= 0.6 is 0 Å². The van der Waals surface area contributed by atoms with Gasteiger partial charge in [-0.25, -0.2) is 4.79 Å². The molecule has 0 aliphatic heterocycles. The van der Waals surface area contributed by atoms with Crippen molar-refractivity contribution >= 4 is 18.0 Å². The van der Waals surface area contributed by atoms with E-state index in [-0.39, 0.29) is 18.1 Å². The number of carbonyl (C=O) groups excluding carboxylic acids is 2. The number of allylic oxidation sites excluding steroid dienone is 2. The number of hydrogen-bond donors (Lipinski definition) is 2. The first-order valence-electron chi connectivity index (χ1n) is 7.49. The quantitative estimate of drug-likeness (QED) is 0.572. The molecule has 0 bridgehead atoms. The van der Waals surface area contributed by atoms with Gasteiger partial charge >= 0.3 is 6.03 Å². The van der Waals surface area contributed by atoms with Gasteiger partial charge in [-0.15, -0.1) is 0 Å². The minimum absolute atomic E-state index is 0.195. The lowest BCUT2D eigenvalue weighted by molar-refractivity contribution is -0.113. The fraction of sp³-hybridized carbons (Fsp3) is 0.333. The number of anilines is 1. The van der Waals surface area contributed by atoms with Crippen molar-refractivity contribution in [3.8, 4) is 0 Å². The average Bonchev–Trinajstić information content (AvgIpc) is 2.55. The largest absolute Gasteiger partial charge is 0.376 e. The van der Waals surface area contributed by atoms with E-state index in [1.165, 1.54) is 0 Å². The Bertz CT molecular complexity index is 553. The van der Waals surface area contributed by atoms with Gasteiger partial charge in [-0.1, -0.05) is 43.4 Å². The van der Waals surface area contributed by atoms with E-state index < -0.39 is 0 Å². The topological polar surface area (TPSA) is 67.4 Å². The molecule has 2 amide bonds. The molecule has 0 saturated carbocycles. The molecule has 1 aromatic rings. The summed E-state index contributed by atoms with van der Waals surface area (Å²) >= 11 is 0. The van der Waals surface area contributed by atoms with Gasteiger partial charge in [-0.3, -0.25) is 0 Å². The first-order valence-corrected chi connectivity index (χ1v) is 7.49. The summed E-state index contributed by atoms with van der Waals surface area (Å²) in [6.45, 7) is 4.13. The Morgan fingerprint density at radius 1 is 1.30 bits per heavy atom. The lowest BCUT2D eigenvalue weighted by Gasteiger charge is -2.18. The van der Waals surface area contributed by atoms with E-state index in [9.17, 15) is 9.59 Å². The van der Waals surface area contributed by atoms with Crippen LogP contribution in [0, 0.1) is 5.92 Å². The fourth-order valence-electron chi connectivity index (χ4n) is 2.12. The molecule has 0 unspecified atom stereocenters. The van der Waals surface area contributed by atoms with Crippen molar-refractivity contribution < 1.29 is 14.3 Å². The van der Waals surface area contributed by atoms with Crippen LogP contribution in [0.15, 0.2) is 54.1 Å². The molecule has 0 heterocycles. The molecule has 124 valence electrons. The molecule has 5 nitrogen and oxygen atoms in total. The number of methoxy groups -OCH3 is 1. The lowest BCUT2D eigenvalue weighted by atomic mass is 9.99. The zero-order chi connectivity index (χ0) is 17.1. The molecule has 0 radical (unpaired) electrons. The van der Waals surface area contributed by atoms with Crippen LogP contribution in [0.25, 0.3) is 0 Å². The van der Waals surface area contributed by atoms with Crippen molar-refractivity contribution in [1.82, 2.24) is 5.32 Å². The van der Waals surface area contributed by atoms with Crippen molar-refractivity contribution in [2.75, 3.05) is 19.0 Å². The molecular formula is C18H24N2O3. The zero-order valence-corrected chi connectivity index (χ0v) is 13.8. The third kappa shape index (κ3) is 6.93. The van der Waals surface area contributed by atoms with Gasteiger partial charge in [0.15, 0.2) is 0 Å². The second-order valence-corrected chi connectivity index (χ2v) is 5.19. The van der Waals surface area contributed by atoms with E-state index in [2.05, 4.69) is 10.6 Å². The number of benzene rings is 1. The summed E-state index contributed by atoms with van der Waals surface area (Å²) in [5.74, 6) is -0.195. The number of aldehydes is 1. The van der Waals surface area contributed by atoms with Crippen LogP contribution in [0.5, 0.6) is 0 Å². The van der Waals surface area contributed by atoms with Gasteiger partial charge in [-0.2, -0.15) is 0 Å². The molecule has 5 heteroatoms. The molecule has 23 heavy (non-hydrogen) atoms. The highest BCUT2D eigenvalue weighted by atomic mass is 16.5. The van der Waals surface area contributed by atoms with E-state index in [4.69, 9.17) is 4.74 Å². The Morgan fingerprint density at radius 2 is 2.00 bits per heavy atom. The van der Waals surface area contributed by atoms with Crippen LogP contribution in [0.2, 0.25) is 0 Å². The highest BCUT2D eigenvalue weighted by molar-refractivity contribution is 5.89. The van der Waals surface area contributed by atoms with Crippen LogP contribution in [0.4, 0.5) is 10.5 Å². The minimum atomic E-state index is -0.258. The Balaban J connectivity index is 2.39. The number of rotatable bonds is 8. The number of urea groups is 1. The number of carbonyl (C=O) groups is 2. The Kier molecular flexibility index (Phi) is 8.39. The summed E-state index contributed by atoms with van der Waals surface area (Å²) in [5.41, 5.74) is 1.70. The summed E-state index contributed by atoms with van der Waals surface area (Å²) in [5, 5.41) is 5.46. The van der Waals surface area contributed by atoms with E-state index in [1.807, 2.05) is 62.4 Å². The van der Waals surface area contributed by atoms with Crippen molar-refractivity contribution in [1.29, 1.82) is 0 Å². The minimum Gasteiger partial charge on any atom is -0.376 e. The third-order valence-corrected chi connectivity index (χ3v) is 3.30. The van der Waals surface area contributed by atoms with Crippen molar-refractivity contribution in [3.05, 3.63) is 54.1 Å². The number of ether oxygens (including phenoxy) is 1. The van der Waals surface area contributed by atoms with Crippen LogP contribution in [-0.4, -0.2) is 32.1 Å². The molecule has 0 saturated heterocycles. The summed E-state index contributed by atoms with van der Waals surface area (Å²) in [4.78, 5) is 22.5. The van der Waals surface area contributed by atoms with Crippen LogP contribution in [0.1, 0.15) is 13.8 Å². The molecule has 2 N–H and O–H groups in total. The van der Waals surface area contributed by atoms with Gasteiger partial charge in [0.25, 0.3) is 0 Å².